The molecule has 2 unspecified atom stereocenters. The zero-order valence-corrected chi connectivity index (χ0v) is 14.3. The topological polar surface area (TPSA) is 62.3 Å². The minimum absolute atomic E-state index is 0.0701. The lowest BCUT2D eigenvalue weighted by molar-refractivity contribution is -0.154. The summed E-state index contributed by atoms with van der Waals surface area (Å²) < 4.78 is 0.884. The molecule has 1 N–H and O–H groups in total. The molecule has 21 heavy (non-hydrogen) atoms. The molecule has 2 heterocycles. The molecule has 2 rings (SSSR count). The summed E-state index contributed by atoms with van der Waals surface area (Å²) in [6, 6.07) is 2.75. The van der Waals surface area contributed by atoms with Gasteiger partial charge in [0.2, 0.25) is 11.8 Å². The molecule has 1 aromatic rings. The summed E-state index contributed by atoms with van der Waals surface area (Å²) in [5.74, 6) is -0.175. The Hall–Kier alpha value is -1.43. The molecular weight excluding hydrogens is 334 g/mol. The monoisotopic (exact) mass is 353 g/mol. The van der Waals surface area contributed by atoms with Gasteiger partial charge in [-0.2, -0.15) is 0 Å². The van der Waals surface area contributed by atoms with E-state index >= 15 is 0 Å². The van der Waals surface area contributed by atoms with Crippen molar-refractivity contribution in [2.75, 3.05) is 0 Å². The van der Waals surface area contributed by atoms with Gasteiger partial charge in [0.1, 0.15) is 12.1 Å². The predicted molar refractivity (Wildman–Crippen MR) is 83.3 cm³/mol. The maximum absolute atomic E-state index is 12.5. The van der Waals surface area contributed by atoms with Gasteiger partial charge in [-0.3, -0.25) is 14.6 Å². The Morgan fingerprint density at radius 3 is 2.52 bits per heavy atom. The fourth-order valence-corrected chi connectivity index (χ4v) is 2.81. The van der Waals surface area contributed by atoms with E-state index in [1.165, 1.54) is 0 Å². The van der Waals surface area contributed by atoms with Gasteiger partial charge in [-0.25, -0.2) is 0 Å². The number of carbonyl (C=O) groups is 2. The first-order valence-corrected chi connectivity index (χ1v) is 7.71. The molecular formula is C15H20BrN3O2. The van der Waals surface area contributed by atoms with Crippen molar-refractivity contribution in [3.8, 4) is 0 Å². The maximum Gasteiger partial charge on any atom is 0.245 e. The Morgan fingerprint density at radius 2 is 2.00 bits per heavy atom. The Kier molecular flexibility index (Phi) is 4.37. The predicted octanol–water partition coefficient (Wildman–Crippen LogP) is 2.11. The van der Waals surface area contributed by atoms with Gasteiger partial charge < -0.3 is 10.2 Å². The second kappa shape index (κ2) is 5.75. The second-order valence-electron chi connectivity index (χ2n) is 6.43. The third-order valence-electron chi connectivity index (χ3n) is 3.51. The summed E-state index contributed by atoms with van der Waals surface area (Å²) in [4.78, 5) is 30.7. The van der Waals surface area contributed by atoms with Crippen LogP contribution in [0.5, 0.6) is 0 Å². The molecule has 1 aromatic heterocycles. The van der Waals surface area contributed by atoms with E-state index in [1.54, 1.807) is 18.0 Å². The van der Waals surface area contributed by atoms with Crippen LogP contribution in [0.25, 0.3) is 0 Å². The Bertz CT molecular complexity index is 551. The van der Waals surface area contributed by atoms with Crippen LogP contribution in [0.2, 0.25) is 0 Å². The SMILES string of the molecule is CC1NC(=O)C(C(C)(C)C)N(Cc2ccc(Br)cn2)C1=O. The fraction of sp³-hybridized carbons (Fsp3) is 0.533. The van der Waals surface area contributed by atoms with Crippen LogP contribution in [-0.4, -0.2) is 33.8 Å². The molecule has 114 valence electrons. The average Bonchev–Trinajstić information content (AvgIpc) is 2.36. The summed E-state index contributed by atoms with van der Waals surface area (Å²) >= 11 is 3.34. The van der Waals surface area contributed by atoms with Crippen LogP contribution in [0.15, 0.2) is 22.8 Å². The van der Waals surface area contributed by atoms with Crippen molar-refractivity contribution in [2.24, 2.45) is 5.41 Å². The molecule has 0 saturated carbocycles. The number of carbonyl (C=O) groups excluding carboxylic acids is 2. The molecule has 0 bridgehead atoms. The highest BCUT2D eigenvalue weighted by molar-refractivity contribution is 9.10. The third-order valence-corrected chi connectivity index (χ3v) is 3.98. The molecule has 1 saturated heterocycles. The molecule has 2 atom stereocenters. The van der Waals surface area contributed by atoms with Gasteiger partial charge in [-0.15, -0.1) is 0 Å². The van der Waals surface area contributed by atoms with Crippen LogP contribution in [-0.2, 0) is 16.1 Å². The number of amides is 2. The highest BCUT2D eigenvalue weighted by atomic mass is 79.9. The van der Waals surface area contributed by atoms with E-state index in [4.69, 9.17) is 0 Å². The van der Waals surface area contributed by atoms with E-state index in [0.717, 1.165) is 10.2 Å². The normalized spacial score (nSPS) is 23.2. The van der Waals surface area contributed by atoms with Crippen LogP contribution in [0.1, 0.15) is 33.4 Å². The van der Waals surface area contributed by atoms with Gasteiger partial charge in [-0.1, -0.05) is 20.8 Å². The number of pyridine rings is 1. The second-order valence-corrected chi connectivity index (χ2v) is 7.35. The van der Waals surface area contributed by atoms with Gasteiger partial charge in [0.05, 0.1) is 12.2 Å². The zero-order chi connectivity index (χ0) is 15.8. The number of nitrogens with one attached hydrogen (secondary N) is 1. The Morgan fingerprint density at radius 1 is 1.33 bits per heavy atom. The average molecular weight is 354 g/mol. The van der Waals surface area contributed by atoms with Crippen LogP contribution in [0.4, 0.5) is 0 Å². The van der Waals surface area contributed by atoms with Gasteiger partial charge in [0.25, 0.3) is 0 Å². The quantitative estimate of drug-likeness (QED) is 0.885. The first kappa shape index (κ1) is 15.9. The molecule has 0 radical (unpaired) electrons. The number of aromatic nitrogens is 1. The van der Waals surface area contributed by atoms with Gasteiger partial charge in [0.15, 0.2) is 0 Å². The van der Waals surface area contributed by atoms with Gasteiger partial charge in [0, 0.05) is 10.7 Å². The molecule has 1 fully saturated rings. The molecule has 1 aliphatic rings. The molecule has 0 aliphatic carbocycles. The van der Waals surface area contributed by atoms with Crippen molar-refractivity contribution >= 4 is 27.7 Å². The van der Waals surface area contributed by atoms with Crippen molar-refractivity contribution in [3.05, 3.63) is 28.5 Å². The molecule has 1 aliphatic heterocycles. The lowest BCUT2D eigenvalue weighted by Crippen LogP contribution is -2.65. The summed E-state index contributed by atoms with van der Waals surface area (Å²) in [7, 11) is 0. The first-order chi connectivity index (χ1) is 9.70. The summed E-state index contributed by atoms with van der Waals surface area (Å²) in [5.41, 5.74) is 0.428. The highest BCUT2D eigenvalue weighted by Crippen LogP contribution is 2.29. The Balaban J connectivity index is 2.32. The number of hydrogen-bond acceptors (Lipinski definition) is 3. The van der Waals surface area contributed by atoms with E-state index in [2.05, 4.69) is 26.2 Å². The minimum atomic E-state index is -0.494. The van der Waals surface area contributed by atoms with E-state index in [9.17, 15) is 9.59 Å². The van der Waals surface area contributed by atoms with Crippen molar-refractivity contribution in [1.29, 1.82) is 0 Å². The van der Waals surface area contributed by atoms with Gasteiger partial charge in [-0.05, 0) is 40.4 Å². The van der Waals surface area contributed by atoms with Crippen LogP contribution < -0.4 is 5.32 Å². The summed E-state index contributed by atoms with van der Waals surface area (Å²) in [6.45, 7) is 7.93. The van der Waals surface area contributed by atoms with Crippen molar-refractivity contribution in [3.63, 3.8) is 0 Å². The molecule has 0 spiro atoms. The van der Waals surface area contributed by atoms with Crippen molar-refractivity contribution < 1.29 is 9.59 Å². The third kappa shape index (κ3) is 3.43. The van der Waals surface area contributed by atoms with Crippen LogP contribution in [0, 0.1) is 5.41 Å². The minimum Gasteiger partial charge on any atom is -0.343 e. The van der Waals surface area contributed by atoms with E-state index in [1.807, 2.05) is 32.9 Å². The number of piperazine rings is 1. The van der Waals surface area contributed by atoms with E-state index in [0.29, 0.717) is 6.54 Å². The standard InChI is InChI=1S/C15H20BrN3O2/c1-9-14(21)19(8-11-6-5-10(16)7-17-11)12(13(20)18-9)15(2,3)4/h5-7,9,12H,8H2,1-4H3,(H,18,20). The summed E-state index contributed by atoms with van der Waals surface area (Å²) in [6.07, 6.45) is 1.69. The van der Waals surface area contributed by atoms with E-state index < -0.39 is 12.1 Å². The number of hydrogen-bond donors (Lipinski definition) is 1. The first-order valence-electron chi connectivity index (χ1n) is 6.91. The largest absolute Gasteiger partial charge is 0.343 e. The van der Waals surface area contributed by atoms with Gasteiger partial charge >= 0.3 is 0 Å². The fourth-order valence-electron chi connectivity index (χ4n) is 2.58. The maximum atomic E-state index is 12.5. The number of nitrogens with zero attached hydrogens (tertiary/aromatic N) is 2. The van der Waals surface area contributed by atoms with Crippen LogP contribution >= 0.6 is 15.9 Å². The molecule has 2 amide bonds. The lowest BCUT2D eigenvalue weighted by atomic mass is 9.83. The molecule has 0 aromatic carbocycles. The molecule has 5 nitrogen and oxygen atoms in total. The van der Waals surface area contributed by atoms with Crippen molar-refractivity contribution in [1.82, 2.24) is 15.2 Å². The van der Waals surface area contributed by atoms with Crippen LogP contribution in [0.3, 0.4) is 0 Å². The lowest BCUT2D eigenvalue weighted by Gasteiger charge is -2.43. The molecule has 6 heteroatoms. The van der Waals surface area contributed by atoms with Crippen molar-refractivity contribution in [2.45, 2.75) is 46.3 Å². The number of halogens is 1. The number of rotatable bonds is 2. The summed E-state index contributed by atoms with van der Waals surface area (Å²) in [5, 5.41) is 2.75. The van der Waals surface area contributed by atoms with E-state index in [-0.39, 0.29) is 17.2 Å². The Labute approximate surface area is 133 Å². The zero-order valence-electron chi connectivity index (χ0n) is 12.7. The highest BCUT2D eigenvalue weighted by Gasteiger charge is 2.44. The smallest absolute Gasteiger partial charge is 0.245 e.